The van der Waals surface area contributed by atoms with E-state index in [0.717, 1.165) is 10.9 Å². The fraction of sp³-hybridized carbons (Fsp3) is 0. The topological polar surface area (TPSA) is 81.8 Å². The van der Waals surface area contributed by atoms with Gasteiger partial charge in [0, 0.05) is 29.5 Å². The van der Waals surface area contributed by atoms with E-state index in [-0.39, 0.29) is 0 Å². The Bertz CT molecular complexity index is 756. The lowest BCUT2D eigenvalue weighted by atomic mass is 10.1. The second kappa shape index (κ2) is 4.45. The van der Waals surface area contributed by atoms with Crippen molar-refractivity contribution in [1.82, 2.24) is 15.0 Å². The van der Waals surface area contributed by atoms with E-state index in [1.54, 1.807) is 36.8 Å². The quantitative estimate of drug-likeness (QED) is 0.751. The number of hydrogen-bond donors (Lipinski definition) is 1. The first-order chi connectivity index (χ1) is 9.25. The third-order valence-electron chi connectivity index (χ3n) is 2.79. The summed E-state index contributed by atoms with van der Waals surface area (Å²) in [6.07, 6.45) is 4.96. The third-order valence-corrected chi connectivity index (χ3v) is 2.79. The van der Waals surface area contributed by atoms with Crippen LogP contribution in [-0.4, -0.2) is 20.9 Å². The minimum atomic E-state index is -0.517. The summed E-state index contributed by atoms with van der Waals surface area (Å²) in [6, 6.07) is 8.95. The van der Waals surface area contributed by atoms with Crippen LogP contribution in [0.1, 0.15) is 10.4 Å². The second-order valence-corrected chi connectivity index (χ2v) is 4.04. The van der Waals surface area contributed by atoms with E-state index >= 15 is 0 Å². The monoisotopic (exact) mass is 250 g/mol. The molecular weight excluding hydrogens is 240 g/mol. The van der Waals surface area contributed by atoms with Gasteiger partial charge in [-0.3, -0.25) is 9.78 Å². The normalized spacial score (nSPS) is 10.5. The van der Waals surface area contributed by atoms with Crippen molar-refractivity contribution in [1.29, 1.82) is 0 Å². The summed E-state index contributed by atoms with van der Waals surface area (Å²) in [5.74, 6) is -0.517. The maximum atomic E-state index is 11.6. The summed E-state index contributed by atoms with van der Waals surface area (Å²) in [5, 5.41) is 0.781. The van der Waals surface area contributed by atoms with Gasteiger partial charge in [0.1, 0.15) is 0 Å². The molecule has 2 N–H and O–H groups in total. The van der Waals surface area contributed by atoms with Gasteiger partial charge in [0.2, 0.25) is 0 Å². The maximum Gasteiger partial charge on any atom is 0.250 e. The molecule has 3 aromatic heterocycles. The number of rotatable bonds is 2. The largest absolute Gasteiger partial charge is 0.366 e. The Kier molecular flexibility index (Phi) is 2.64. The maximum absolute atomic E-state index is 11.6. The Hall–Kier alpha value is -2.82. The fourth-order valence-electron chi connectivity index (χ4n) is 1.92. The number of hydrogen-bond acceptors (Lipinski definition) is 4. The van der Waals surface area contributed by atoms with Crippen molar-refractivity contribution in [3.8, 4) is 11.3 Å². The zero-order chi connectivity index (χ0) is 13.2. The minimum absolute atomic E-state index is 0.369. The standard InChI is InChI=1S/C14H10N4O/c15-13(19)11-7-9-3-2-6-17-14(9)18-12(11)10-4-1-5-16-8-10/h1-8H,(H2,15,19). The van der Waals surface area contributed by atoms with Crippen LogP contribution in [0.5, 0.6) is 0 Å². The van der Waals surface area contributed by atoms with Gasteiger partial charge in [-0.2, -0.15) is 0 Å². The number of pyridine rings is 3. The number of nitrogens with zero attached hydrogens (tertiary/aromatic N) is 3. The predicted molar refractivity (Wildman–Crippen MR) is 71.3 cm³/mol. The van der Waals surface area contributed by atoms with Crippen molar-refractivity contribution in [2.45, 2.75) is 0 Å². The van der Waals surface area contributed by atoms with E-state index in [1.165, 1.54) is 0 Å². The van der Waals surface area contributed by atoms with Crippen LogP contribution in [0.25, 0.3) is 22.3 Å². The Morgan fingerprint density at radius 1 is 1.16 bits per heavy atom. The summed E-state index contributed by atoms with van der Waals surface area (Å²) in [5.41, 5.74) is 7.61. The molecule has 19 heavy (non-hydrogen) atoms. The Labute approximate surface area is 109 Å². The molecule has 0 bridgehead atoms. The molecule has 0 atom stereocenters. The fourth-order valence-corrected chi connectivity index (χ4v) is 1.92. The highest BCUT2D eigenvalue weighted by Gasteiger charge is 2.13. The molecule has 0 aliphatic carbocycles. The molecule has 0 aliphatic rings. The van der Waals surface area contributed by atoms with Gasteiger partial charge >= 0.3 is 0 Å². The van der Waals surface area contributed by atoms with E-state index in [2.05, 4.69) is 15.0 Å². The first kappa shape index (κ1) is 11.3. The lowest BCUT2D eigenvalue weighted by Crippen LogP contribution is -2.13. The average Bonchev–Trinajstić information content (AvgIpc) is 2.46. The van der Waals surface area contributed by atoms with Gasteiger partial charge in [-0.05, 0) is 30.3 Å². The van der Waals surface area contributed by atoms with Gasteiger partial charge in [0.15, 0.2) is 5.65 Å². The van der Waals surface area contributed by atoms with E-state index in [4.69, 9.17) is 5.73 Å². The van der Waals surface area contributed by atoms with Gasteiger partial charge in [0.05, 0.1) is 11.3 Å². The number of fused-ring (bicyclic) bond motifs is 1. The predicted octanol–water partition coefficient (Wildman–Crippen LogP) is 1.79. The molecule has 5 nitrogen and oxygen atoms in total. The highest BCUT2D eigenvalue weighted by atomic mass is 16.1. The highest BCUT2D eigenvalue weighted by Crippen LogP contribution is 2.23. The Morgan fingerprint density at radius 3 is 2.74 bits per heavy atom. The van der Waals surface area contributed by atoms with Crippen LogP contribution in [0.15, 0.2) is 48.9 Å². The molecule has 1 amide bonds. The van der Waals surface area contributed by atoms with E-state index in [9.17, 15) is 4.79 Å². The molecule has 0 aromatic carbocycles. The van der Waals surface area contributed by atoms with Crippen LogP contribution < -0.4 is 5.73 Å². The van der Waals surface area contributed by atoms with Crippen molar-refractivity contribution in [2.24, 2.45) is 5.73 Å². The van der Waals surface area contributed by atoms with Crippen LogP contribution in [-0.2, 0) is 0 Å². The molecular formula is C14H10N4O. The third kappa shape index (κ3) is 2.01. The van der Waals surface area contributed by atoms with E-state index in [0.29, 0.717) is 16.9 Å². The summed E-state index contributed by atoms with van der Waals surface area (Å²) >= 11 is 0. The van der Waals surface area contributed by atoms with Gasteiger partial charge in [0.25, 0.3) is 5.91 Å². The lowest BCUT2D eigenvalue weighted by molar-refractivity contribution is 0.100. The summed E-state index contributed by atoms with van der Waals surface area (Å²) in [6.45, 7) is 0. The molecule has 3 heterocycles. The average molecular weight is 250 g/mol. The number of nitrogens with two attached hydrogens (primary N) is 1. The summed E-state index contributed by atoms with van der Waals surface area (Å²) in [7, 11) is 0. The second-order valence-electron chi connectivity index (χ2n) is 4.04. The van der Waals surface area contributed by atoms with Crippen molar-refractivity contribution >= 4 is 16.9 Å². The summed E-state index contributed by atoms with van der Waals surface area (Å²) < 4.78 is 0. The molecule has 0 saturated heterocycles. The van der Waals surface area contributed by atoms with Gasteiger partial charge in [-0.25, -0.2) is 9.97 Å². The van der Waals surface area contributed by atoms with Crippen molar-refractivity contribution in [3.63, 3.8) is 0 Å². The Balaban J connectivity index is 2.33. The van der Waals surface area contributed by atoms with Gasteiger partial charge in [-0.1, -0.05) is 0 Å². The van der Waals surface area contributed by atoms with Crippen molar-refractivity contribution in [3.05, 3.63) is 54.5 Å². The number of aromatic nitrogens is 3. The smallest absolute Gasteiger partial charge is 0.250 e. The SMILES string of the molecule is NC(=O)c1cc2cccnc2nc1-c1cccnc1. The molecule has 3 rings (SSSR count). The lowest BCUT2D eigenvalue weighted by Gasteiger charge is -2.07. The van der Waals surface area contributed by atoms with E-state index < -0.39 is 5.91 Å². The number of carbonyl (C=O) groups excluding carboxylic acids is 1. The summed E-state index contributed by atoms with van der Waals surface area (Å²) in [4.78, 5) is 24.2. The van der Waals surface area contributed by atoms with Crippen molar-refractivity contribution in [2.75, 3.05) is 0 Å². The van der Waals surface area contributed by atoms with E-state index in [1.807, 2.05) is 12.1 Å². The molecule has 0 radical (unpaired) electrons. The van der Waals surface area contributed by atoms with Crippen molar-refractivity contribution < 1.29 is 4.79 Å². The van der Waals surface area contributed by atoms with Crippen LogP contribution >= 0.6 is 0 Å². The van der Waals surface area contributed by atoms with Crippen LogP contribution in [0.3, 0.4) is 0 Å². The number of amides is 1. The zero-order valence-corrected chi connectivity index (χ0v) is 9.95. The number of primary amides is 1. The molecule has 5 heteroatoms. The molecule has 0 fully saturated rings. The first-order valence-electron chi connectivity index (χ1n) is 5.71. The molecule has 0 aliphatic heterocycles. The molecule has 92 valence electrons. The van der Waals surface area contributed by atoms with Crippen LogP contribution in [0, 0.1) is 0 Å². The molecule has 3 aromatic rings. The molecule has 0 saturated carbocycles. The van der Waals surface area contributed by atoms with Gasteiger partial charge in [-0.15, -0.1) is 0 Å². The molecule has 0 spiro atoms. The molecule has 0 unspecified atom stereocenters. The van der Waals surface area contributed by atoms with Crippen LogP contribution in [0.4, 0.5) is 0 Å². The zero-order valence-electron chi connectivity index (χ0n) is 9.95. The van der Waals surface area contributed by atoms with Crippen LogP contribution in [0.2, 0.25) is 0 Å². The minimum Gasteiger partial charge on any atom is -0.366 e. The number of carbonyl (C=O) groups is 1. The Morgan fingerprint density at radius 2 is 2.00 bits per heavy atom. The first-order valence-corrected chi connectivity index (χ1v) is 5.71. The highest BCUT2D eigenvalue weighted by molar-refractivity contribution is 6.01. The van der Waals surface area contributed by atoms with Gasteiger partial charge < -0.3 is 5.73 Å².